The number of sulfonamides is 1. The minimum atomic E-state index is -4.03. The van der Waals surface area contributed by atoms with E-state index in [2.05, 4.69) is 14.6 Å². The molecule has 0 bridgehead atoms. The third kappa shape index (κ3) is 4.73. The molecule has 9 heteroatoms. The predicted molar refractivity (Wildman–Crippen MR) is 128 cm³/mol. The zero-order valence-corrected chi connectivity index (χ0v) is 19.6. The summed E-state index contributed by atoms with van der Waals surface area (Å²) in [6, 6.07) is 9.97. The molecule has 0 radical (unpaired) electrons. The summed E-state index contributed by atoms with van der Waals surface area (Å²) in [5.74, 6) is -1.17. The lowest BCUT2D eigenvalue weighted by atomic mass is 10.1. The molecule has 2 heterocycles. The van der Waals surface area contributed by atoms with Gasteiger partial charge in [0.25, 0.3) is 10.0 Å². The number of aromatic nitrogens is 2. The highest BCUT2D eigenvalue weighted by atomic mass is 32.2. The Kier molecular flexibility index (Phi) is 6.42. The largest absolute Gasteiger partial charge is 0.478 e. The van der Waals surface area contributed by atoms with Crippen LogP contribution in [0.5, 0.6) is 0 Å². The second-order valence-corrected chi connectivity index (χ2v) is 9.91. The summed E-state index contributed by atoms with van der Waals surface area (Å²) in [6.07, 6.45) is 7.16. The maximum Gasteiger partial charge on any atom is 0.335 e. The maximum absolute atomic E-state index is 13.5. The number of rotatable bonds is 7. The van der Waals surface area contributed by atoms with Gasteiger partial charge < -0.3 is 14.6 Å². The van der Waals surface area contributed by atoms with Crippen LogP contribution < -0.4 is 9.62 Å². The first kappa shape index (κ1) is 22.8. The van der Waals surface area contributed by atoms with Gasteiger partial charge >= 0.3 is 5.97 Å². The summed E-state index contributed by atoms with van der Waals surface area (Å²) in [6.45, 7) is 3.56. The Bertz CT molecular complexity index is 1280. The van der Waals surface area contributed by atoms with Gasteiger partial charge in [-0.1, -0.05) is 19.1 Å². The third-order valence-corrected chi connectivity index (χ3v) is 7.48. The van der Waals surface area contributed by atoms with Gasteiger partial charge in [-0.15, -0.1) is 0 Å². The average molecular weight is 469 g/mol. The molecule has 1 saturated heterocycles. The van der Waals surface area contributed by atoms with Crippen molar-refractivity contribution >= 4 is 27.4 Å². The number of aromatic carboxylic acids is 1. The molecule has 3 aromatic rings. The third-order valence-electron chi connectivity index (χ3n) is 6.03. The van der Waals surface area contributed by atoms with Gasteiger partial charge in [-0.3, -0.25) is 4.72 Å². The van der Waals surface area contributed by atoms with E-state index in [9.17, 15) is 18.3 Å². The van der Waals surface area contributed by atoms with Crippen molar-refractivity contribution in [3.05, 3.63) is 60.0 Å². The standard InChI is InChI=1S/C24H28N4O4S/c1-3-17-7-8-19(24(29)30)14-23(17)33(31,32)26-20-13-18(22-15-25-16-27(22)2)9-10-21(20)28-11-5-4-6-12-28/h7-10,13-16,26H,3-6,11-12H2,1-2H3,(H,29,30). The van der Waals surface area contributed by atoms with Gasteiger partial charge in [-0.05, 0) is 55.5 Å². The number of hydrogen-bond donors (Lipinski definition) is 2. The van der Waals surface area contributed by atoms with Crippen molar-refractivity contribution in [3.8, 4) is 11.3 Å². The van der Waals surface area contributed by atoms with Gasteiger partial charge in [0.15, 0.2) is 0 Å². The predicted octanol–water partition coefficient (Wildman–Crippen LogP) is 4.14. The molecule has 8 nitrogen and oxygen atoms in total. The van der Waals surface area contributed by atoms with Crippen LogP contribution in [0.3, 0.4) is 0 Å². The fourth-order valence-electron chi connectivity index (χ4n) is 4.25. The van der Waals surface area contributed by atoms with E-state index in [-0.39, 0.29) is 10.5 Å². The SMILES string of the molecule is CCc1ccc(C(=O)O)cc1S(=O)(=O)Nc1cc(-c2cncn2C)ccc1N1CCCCC1. The smallest absolute Gasteiger partial charge is 0.335 e. The van der Waals surface area contributed by atoms with E-state index < -0.39 is 16.0 Å². The monoisotopic (exact) mass is 468 g/mol. The number of benzene rings is 2. The highest BCUT2D eigenvalue weighted by Crippen LogP contribution is 2.35. The molecule has 1 aliphatic heterocycles. The molecule has 0 spiro atoms. The van der Waals surface area contributed by atoms with E-state index in [4.69, 9.17) is 0 Å². The van der Waals surface area contributed by atoms with Crippen LogP contribution in [-0.4, -0.2) is 42.1 Å². The van der Waals surface area contributed by atoms with Crippen molar-refractivity contribution in [3.63, 3.8) is 0 Å². The lowest BCUT2D eigenvalue weighted by molar-refractivity contribution is 0.0696. The molecule has 1 fully saturated rings. The molecule has 2 N–H and O–H groups in total. The number of imidazole rings is 1. The number of piperidine rings is 1. The van der Waals surface area contributed by atoms with Gasteiger partial charge in [0.1, 0.15) is 0 Å². The van der Waals surface area contributed by atoms with Crippen molar-refractivity contribution in [1.29, 1.82) is 0 Å². The van der Waals surface area contributed by atoms with Gasteiger partial charge in [-0.25, -0.2) is 18.2 Å². The minimum absolute atomic E-state index is 0.0135. The molecule has 174 valence electrons. The number of nitrogens with zero attached hydrogens (tertiary/aromatic N) is 3. The summed E-state index contributed by atoms with van der Waals surface area (Å²) in [5.41, 5.74) is 3.49. The number of aryl methyl sites for hydroxylation is 2. The molecule has 0 aliphatic carbocycles. The summed E-state index contributed by atoms with van der Waals surface area (Å²) in [5, 5.41) is 9.38. The van der Waals surface area contributed by atoms with E-state index in [1.165, 1.54) is 12.1 Å². The van der Waals surface area contributed by atoms with Crippen molar-refractivity contribution in [2.45, 2.75) is 37.5 Å². The number of hydrogen-bond acceptors (Lipinski definition) is 5. The molecule has 0 atom stereocenters. The number of carboxylic acids is 1. The van der Waals surface area contributed by atoms with Crippen LogP contribution in [0.4, 0.5) is 11.4 Å². The molecule has 33 heavy (non-hydrogen) atoms. The van der Waals surface area contributed by atoms with E-state index in [0.717, 1.165) is 49.3 Å². The first-order valence-corrected chi connectivity index (χ1v) is 12.5. The lowest BCUT2D eigenvalue weighted by Crippen LogP contribution is -2.30. The van der Waals surface area contributed by atoms with E-state index >= 15 is 0 Å². The van der Waals surface area contributed by atoms with E-state index in [1.807, 2.05) is 36.7 Å². The van der Waals surface area contributed by atoms with Gasteiger partial charge in [0.05, 0.1) is 40.1 Å². The van der Waals surface area contributed by atoms with Gasteiger partial charge in [0.2, 0.25) is 0 Å². The Morgan fingerprint density at radius 1 is 1.12 bits per heavy atom. The quantitative estimate of drug-likeness (QED) is 0.540. The van der Waals surface area contributed by atoms with Crippen LogP contribution in [0.15, 0.2) is 53.8 Å². The van der Waals surface area contributed by atoms with Gasteiger partial charge in [-0.2, -0.15) is 0 Å². The minimum Gasteiger partial charge on any atom is -0.478 e. The Morgan fingerprint density at radius 2 is 1.88 bits per heavy atom. The van der Waals surface area contributed by atoms with Crippen LogP contribution in [0.1, 0.15) is 42.1 Å². The molecule has 0 unspecified atom stereocenters. The summed E-state index contributed by atoms with van der Waals surface area (Å²) in [4.78, 5) is 17.8. The summed E-state index contributed by atoms with van der Waals surface area (Å²) < 4.78 is 31.7. The molecule has 2 aromatic carbocycles. The summed E-state index contributed by atoms with van der Waals surface area (Å²) in [7, 11) is -2.15. The Balaban J connectivity index is 1.80. The zero-order chi connectivity index (χ0) is 23.6. The number of carboxylic acid groups (broad SMARTS) is 1. The number of nitrogens with one attached hydrogen (secondary N) is 1. The Hall–Kier alpha value is -3.33. The Morgan fingerprint density at radius 3 is 2.52 bits per heavy atom. The first-order chi connectivity index (χ1) is 15.8. The van der Waals surface area contributed by atoms with Crippen molar-refractivity contribution < 1.29 is 18.3 Å². The van der Waals surface area contributed by atoms with Gasteiger partial charge in [0, 0.05) is 25.7 Å². The van der Waals surface area contributed by atoms with Crippen LogP contribution in [0.2, 0.25) is 0 Å². The van der Waals surface area contributed by atoms with Crippen molar-refractivity contribution in [2.24, 2.45) is 7.05 Å². The molecule has 4 rings (SSSR count). The second kappa shape index (κ2) is 9.27. The van der Waals surface area contributed by atoms with Crippen LogP contribution >= 0.6 is 0 Å². The van der Waals surface area contributed by atoms with E-state index in [0.29, 0.717) is 17.7 Å². The lowest BCUT2D eigenvalue weighted by Gasteiger charge is -2.31. The topological polar surface area (TPSA) is 105 Å². The molecular weight excluding hydrogens is 440 g/mol. The van der Waals surface area contributed by atoms with Crippen LogP contribution in [0.25, 0.3) is 11.3 Å². The first-order valence-electron chi connectivity index (χ1n) is 11.0. The summed E-state index contributed by atoms with van der Waals surface area (Å²) >= 11 is 0. The van der Waals surface area contributed by atoms with E-state index in [1.54, 1.807) is 18.6 Å². The molecule has 1 aliphatic rings. The average Bonchev–Trinajstić information content (AvgIpc) is 3.24. The maximum atomic E-state index is 13.5. The zero-order valence-electron chi connectivity index (χ0n) is 18.8. The molecule has 1 aromatic heterocycles. The Labute approximate surface area is 193 Å². The van der Waals surface area contributed by atoms with Crippen LogP contribution in [0, 0.1) is 0 Å². The molecular formula is C24H28N4O4S. The van der Waals surface area contributed by atoms with Crippen LogP contribution in [-0.2, 0) is 23.5 Å². The normalized spacial score (nSPS) is 14.3. The number of anilines is 2. The fraction of sp³-hybridized carbons (Fsp3) is 0.333. The highest BCUT2D eigenvalue weighted by molar-refractivity contribution is 7.92. The molecule has 0 saturated carbocycles. The van der Waals surface area contributed by atoms with Crippen molar-refractivity contribution in [1.82, 2.24) is 9.55 Å². The fourth-order valence-corrected chi connectivity index (χ4v) is 5.66. The second-order valence-electron chi connectivity index (χ2n) is 8.26. The molecule has 0 amide bonds. The van der Waals surface area contributed by atoms with Crippen molar-refractivity contribution in [2.75, 3.05) is 22.7 Å². The number of carbonyl (C=O) groups is 1. The highest BCUT2D eigenvalue weighted by Gasteiger charge is 2.24.